The molecule has 2 heteroatoms. The molecule has 1 fully saturated rings. The number of nitriles is 1. The van der Waals surface area contributed by atoms with E-state index < -0.39 is 0 Å². The fourth-order valence-corrected chi connectivity index (χ4v) is 1.39. The first-order chi connectivity index (χ1) is 5.17. The summed E-state index contributed by atoms with van der Waals surface area (Å²) in [6.07, 6.45) is 3.33. The van der Waals surface area contributed by atoms with E-state index in [0.717, 1.165) is 12.5 Å². The zero-order valence-corrected chi connectivity index (χ0v) is 7.35. The maximum atomic E-state index is 8.33. The average molecular weight is 152 g/mol. The molecule has 0 aromatic carbocycles. The molecule has 0 atom stereocenters. The molecule has 0 heterocycles. The lowest BCUT2D eigenvalue weighted by Crippen LogP contribution is -2.41. The predicted molar refractivity (Wildman–Crippen MR) is 45.0 cm³/mol. The van der Waals surface area contributed by atoms with E-state index in [-0.39, 0.29) is 5.54 Å². The van der Waals surface area contributed by atoms with E-state index in [4.69, 9.17) is 5.26 Å². The topological polar surface area (TPSA) is 35.8 Å². The molecule has 0 aromatic rings. The Morgan fingerprint density at radius 1 is 1.55 bits per heavy atom. The van der Waals surface area contributed by atoms with Crippen molar-refractivity contribution in [2.24, 2.45) is 5.92 Å². The summed E-state index contributed by atoms with van der Waals surface area (Å²) in [5.74, 6) is 0.848. The highest BCUT2D eigenvalue weighted by molar-refractivity contribution is 4.94. The third-order valence-electron chi connectivity index (χ3n) is 2.42. The third-order valence-corrected chi connectivity index (χ3v) is 2.42. The van der Waals surface area contributed by atoms with Gasteiger partial charge in [0.05, 0.1) is 6.07 Å². The van der Waals surface area contributed by atoms with Crippen LogP contribution in [0, 0.1) is 17.2 Å². The first-order valence-electron chi connectivity index (χ1n) is 4.29. The Morgan fingerprint density at radius 3 is 2.64 bits per heavy atom. The average Bonchev–Trinajstić information content (AvgIpc) is 2.68. The summed E-state index contributed by atoms with van der Waals surface area (Å²) in [6.45, 7) is 5.28. The van der Waals surface area contributed by atoms with E-state index in [1.54, 1.807) is 0 Å². The summed E-state index contributed by atoms with van der Waals surface area (Å²) in [5.41, 5.74) is 0.261. The highest BCUT2D eigenvalue weighted by atomic mass is 15.0. The minimum atomic E-state index is 0.261. The second-order valence-electron chi connectivity index (χ2n) is 3.83. The van der Waals surface area contributed by atoms with E-state index in [9.17, 15) is 0 Å². The summed E-state index contributed by atoms with van der Waals surface area (Å²) in [6, 6.07) is 2.14. The second-order valence-corrected chi connectivity index (χ2v) is 3.83. The lowest BCUT2D eigenvalue weighted by Gasteiger charge is -2.25. The number of nitrogens with one attached hydrogen (secondary N) is 1. The van der Waals surface area contributed by atoms with Gasteiger partial charge in [0, 0.05) is 18.5 Å². The normalized spacial score (nSPS) is 17.9. The van der Waals surface area contributed by atoms with E-state index in [0.29, 0.717) is 6.42 Å². The summed E-state index contributed by atoms with van der Waals surface area (Å²) in [4.78, 5) is 0. The highest BCUT2D eigenvalue weighted by Gasteiger charge is 2.36. The zero-order chi connectivity index (χ0) is 8.32. The van der Waals surface area contributed by atoms with Crippen molar-refractivity contribution in [2.45, 2.75) is 38.6 Å². The molecular formula is C9H16N2. The second kappa shape index (κ2) is 3.23. The van der Waals surface area contributed by atoms with Crippen LogP contribution in [0.5, 0.6) is 0 Å². The van der Waals surface area contributed by atoms with Gasteiger partial charge in [-0.25, -0.2) is 0 Å². The molecule has 0 aliphatic heterocycles. The molecule has 0 radical (unpaired) electrons. The van der Waals surface area contributed by atoms with Crippen molar-refractivity contribution in [2.75, 3.05) is 6.54 Å². The number of hydrogen-bond donors (Lipinski definition) is 1. The smallest absolute Gasteiger partial charge is 0.0635 e. The molecule has 0 aromatic heterocycles. The standard InChI is InChI=1S/C9H16N2/c1-9(2,8-4-5-8)11-7-3-6-10/h8,11H,3-5,7H2,1-2H3. The Balaban J connectivity index is 2.18. The van der Waals surface area contributed by atoms with Crippen LogP contribution >= 0.6 is 0 Å². The van der Waals surface area contributed by atoms with Crippen LogP contribution in [-0.4, -0.2) is 12.1 Å². The third kappa shape index (κ3) is 2.51. The first kappa shape index (κ1) is 8.55. The lowest BCUT2D eigenvalue weighted by molar-refractivity contribution is 0.346. The molecule has 62 valence electrons. The van der Waals surface area contributed by atoms with Gasteiger partial charge in [0.15, 0.2) is 0 Å². The summed E-state index contributed by atoms with van der Waals surface area (Å²) < 4.78 is 0. The molecule has 1 saturated carbocycles. The minimum absolute atomic E-state index is 0.261. The lowest BCUT2D eigenvalue weighted by atomic mass is 9.99. The Hall–Kier alpha value is -0.550. The van der Waals surface area contributed by atoms with Gasteiger partial charge < -0.3 is 5.32 Å². The van der Waals surface area contributed by atoms with E-state index in [1.165, 1.54) is 12.8 Å². The maximum absolute atomic E-state index is 8.33. The van der Waals surface area contributed by atoms with Gasteiger partial charge in [-0.15, -0.1) is 0 Å². The van der Waals surface area contributed by atoms with Crippen LogP contribution in [-0.2, 0) is 0 Å². The van der Waals surface area contributed by atoms with E-state index in [1.807, 2.05) is 0 Å². The summed E-state index contributed by atoms with van der Waals surface area (Å²) >= 11 is 0. The monoisotopic (exact) mass is 152 g/mol. The number of hydrogen-bond acceptors (Lipinski definition) is 2. The summed E-state index contributed by atoms with van der Waals surface area (Å²) in [5, 5.41) is 11.7. The first-order valence-corrected chi connectivity index (χ1v) is 4.29. The Kier molecular flexibility index (Phi) is 2.51. The molecule has 2 nitrogen and oxygen atoms in total. The van der Waals surface area contributed by atoms with Crippen molar-refractivity contribution >= 4 is 0 Å². The van der Waals surface area contributed by atoms with Crippen molar-refractivity contribution in [3.05, 3.63) is 0 Å². The van der Waals surface area contributed by atoms with E-state index >= 15 is 0 Å². The Morgan fingerprint density at radius 2 is 2.18 bits per heavy atom. The number of rotatable bonds is 4. The zero-order valence-electron chi connectivity index (χ0n) is 7.35. The molecule has 1 N–H and O–H groups in total. The molecule has 0 bridgehead atoms. The van der Waals surface area contributed by atoms with Gasteiger partial charge in [-0.05, 0) is 32.6 Å². The molecule has 0 unspecified atom stereocenters. The summed E-state index contributed by atoms with van der Waals surface area (Å²) in [7, 11) is 0. The predicted octanol–water partition coefficient (Wildman–Crippen LogP) is 1.68. The number of nitrogens with zero attached hydrogens (tertiary/aromatic N) is 1. The van der Waals surface area contributed by atoms with E-state index in [2.05, 4.69) is 25.2 Å². The van der Waals surface area contributed by atoms with Gasteiger partial charge in [-0.3, -0.25) is 0 Å². The van der Waals surface area contributed by atoms with Crippen LogP contribution in [0.25, 0.3) is 0 Å². The van der Waals surface area contributed by atoms with Crippen LogP contribution in [0.2, 0.25) is 0 Å². The van der Waals surface area contributed by atoms with Gasteiger partial charge in [0.2, 0.25) is 0 Å². The van der Waals surface area contributed by atoms with Gasteiger partial charge >= 0.3 is 0 Å². The molecule has 0 spiro atoms. The molecule has 11 heavy (non-hydrogen) atoms. The van der Waals surface area contributed by atoms with Gasteiger partial charge in [-0.2, -0.15) is 5.26 Å². The van der Waals surface area contributed by atoms with Crippen LogP contribution in [0.1, 0.15) is 33.1 Å². The SMILES string of the molecule is CC(C)(NCCC#N)C1CC1. The van der Waals surface area contributed by atoms with Crippen LogP contribution in [0.4, 0.5) is 0 Å². The molecule has 1 aliphatic rings. The molecule has 1 rings (SSSR count). The van der Waals surface area contributed by atoms with Gasteiger partial charge in [0.25, 0.3) is 0 Å². The van der Waals surface area contributed by atoms with Crippen molar-refractivity contribution in [3.63, 3.8) is 0 Å². The van der Waals surface area contributed by atoms with Gasteiger partial charge in [-0.1, -0.05) is 0 Å². The fourth-order valence-electron chi connectivity index (χ4n) is 1.39. The fraction of sp³-hybridized carbons (Fsp3) is 0.889. The Bertz CT molecular complexity index is 163. The molecule has 1 aliphatic carbocycles. The molecule has 0 saturated heterocycles. The largest absolute Gasteiger partial charge is 0.310 e. The molecule has 0 amide bonds. The Labute approximate surface area is 68.6 Å². The van der Waals surface area contributed by atoms with Crippen LogP contribution in [0.15, 0.2) is 0 Å². The minimum Gasteiger partial charge on any atom is -0.310 e. The van der Waals surface area contributed by atoms with Crippen molar-refractivity contribution < 1.29 is 0 Å². The van der Waals surface area contributed by atoms with Crippen molar-refractivity contribution in [1.29, 1.82) is 5.26 Å². The van der Waals surface area contributed by atoms with Crippen LogP contribution in [0.3, 0.4) is 0 Å². The van der Waals surface area contributed by atoms with Crippen LogP contribution < -0.4 is 5.32 Å². The maximum Gasteiger partial charge on any atom is 0.0635 e. The highest BCUT2D eigenvalue weighted by Crippen LogP contribution is 2.38. The van der Waals surface area contributed by atoms with Crippen molar-refractivity contribution in [1.82, 2.24) is 5.32 Å². The van der Waals surface area contributed by atoms with Gasteiger partial charge in [0.1, 0.15) is 0 Å². The molecular weight excluding hydrogens is 136 g/mol. The quantitative estimate of drug-likeness (QED) is 0.622. The van der Waals surface area contributed by atoms with Crippen molar-refractivity contribution in [3.8, 4) is 6.07 Å².